The minimum atomic E-state index is -4.22. The Bertz CT molecular complexity index is 234. The van der Waals surface area contributed by atoms with Gasteiger partial charge in [-0.1, -0.05) is 32.6 Å². The van der Waals surface area contributed by atoms with Crippen molar-refractivity contribution in [2.75, 3.05) is 0 Å². The van der Waals surface area contributed by atoms with Crippen LogP contribution in [-0.4, -0.2) is 18.2 Å². The van der Waals surface area contributed by atoms with Gasteiger partial charge in [-0.2, -0.15) is 8.42 Å². The number of hydrogen-bond donors (Lipinski definition) is 1. The Kier molecular flexibility index (Phi) is 4.61. The molecule has 0 saturated carbocycles. The molecule has 12 heavy (non-hydrogen) atoms. The lowest BCUT2D eigenvalue weighted by atomic mass is 10.1. The van der Waals surface area contributed by atoms with Crippen molar-refractivity contribution in [3.05, 3.63) is 0 Å². The van der Waals surface area contributed by atoms with Gasteiger partial charge in [-0.25, -0.2) is 0 Å². The average molecular weight is 195 g/mol. The Hall–Kier alpha value is -0.0900. The fourth-order valence-corrected chi connectivity index (χ4v) is 1.33. The molecule has 0 rings (SSSR count). The first-order valence-electron chi connectivity index (χ1n) is 4.78. The van der Waals surface area contributed by atoms with Crippen LogP contribution in [0, 0.1) is 0 Å². The summed E-state index contributed by atoms with van der Waals surface area (Å²) in [5, 5.41) is -1.74. The lowest BCUT2D eigenvalue weighted by Gasteiger charge is -2.06. The van der Waals surface area contributed by atoms with Crippen LogP contribution < -0.4 is 0 Å². The highest BCUT2D eigenvalue weighted by atomic mass is 32.2. The van der Waals surface area contributed by atoms with Crippen molar-refractivity contribution in [3.8, 4) is 0 Å². The van der Waals surface area contributed by atoms with Crippen LogP contribution in [0.3, 0.4) is 0 Å². The zero-order chi connectivity index (χ0) is 10.5. The van der Waals surface area contributed by atoms with Crippen molar-refractivity contribution < 1.29 is 14.3 Å². The minimum Gasteiger partial charge on any atom is -0.285 e. The van der Waals surface area contributed by atoms with Gasteiger partial charge in [0.05, 0.1) is 5.23 Å². The van der Waals surface area contributed by atoms with Crippen LogP contribution in [0.15, 0.2) is 0 Å². The largest absolute Gasteiger partial charge is 0.285 e. The second-order valence-electron chi connectivity index (χ2n) is 2.99. The SMILES string of the molecule is [2H][C@@](C)(CCCCCC)S(=O)(=O)O. The molecule has 0 unspecified atom stereocenters. The van der Waals surface area contributed by atoms with E-state index in [1.54, 1.807) is 0 Å². The Labute approximate surface area is 76.3 Å². The van der Waals surface area contributed by atoms with E-state index in [0.717, 1.165) is 19.3 Å². The molecule has 0 aliphatic carbocycles. The van der Waals surface area contributed by atoms with E-state index in [-0.39, 0.29) is 6.42 Å². The number of rotatable bonds is 6. The third-order valence-corrected chi connectivity index (χ3v) is 2.91. The summed E-state index contributed by atoms with van der Waals surface area (Å²) in [6.07, 6.45) is 3.90. The smallest absolute Gasteiger partial charge is 0.267 e. The van der Waals surface area contributed by atoms with Crippen LogP contribution in [0.2, 0.25) is 0 Å². The molecule has 0 saturated heterocycles. The fraction of sp³-hybridized carbons (Fsp3) is 1.00. The molecule has 1 N–H and O–H groups in total. The zero-order valence-corrected chi connectivity index (χ0v) is 8.52. The zero-order valence-electron chi connectivity index (χ0n) is 8.71. The maximum atomic E-state index is 10.7. The summed E-state index contributed by atoms with van der Waals surface area (Å²) in [5.74, 6) is 0. The predicted molar refractivity (Wildman–Crippen MR) is 49.8 cm³/mol. The summed E-state index contributed by atoms with van der Waals surface area (Å²) in [4.78, 5) is 0. The quantitative estimate of drug-likeness (QED) is 0.522. The molecule has 0 aromatic carbocycles. The van der Waals surface area contributed by atoms with Crippen LogP contribution in [-0.2, 0) is 10.1 Å². The van der Waals surface area contributed by atoms with E-state index >= 15 is 0 Å². The van der Waals surface area contributed by atoms with E-state index < -0.39 is 15.3 Å². The Morgan fingerprint density at radius 3 is 2.42 bits per heavy atom. The van der Waals surface area contributed by atoms with Gasteiger partial charge in [0.1, 0.15) is 0 Å². The van der Waals surface area contributed by atoms with Gasteiger partial charge in [0.15, 0.2) is 0 Å². The maximum absolute atomic E-state index is 10.7. The van der Waals surface area contributed by atoms with E-state index in [9.17, 15) is 8.42 Å². The lowest BCUT2D eigenvalue weighted by Crippen LogP contribution is -2.15. The Balaban J connectivity index is 3.91. The molecule has 0 aromatic heterocycles. The molecule has 0 spiro atoms. The van der Waals surface area contributed by atoms with Gasteiger partial charge in [0.25, 0.3) is 10.1 Å². The standard InChI is InChI=1S/C8H18O3S/c1-3-4-5-6-7-8(2)12(9,10)11/h8H,3-7H2,1-2H3,(H,9,10,11)/t8-/m1/s1/i8D. The van der Waals surface area contributed by atoms with Gasteiger partial charge >= 0.3 is 0 Å². The minimum absolute atomic E-state index is 0.200. The van der Waals surface area contributed by atoms with Gasteiger partial charge in [-0.15, -0.1) is 0 Å². The lowest BCUT2D eigenvalue weighted by molar-refractivity contribution is 0.462. The molecular formula is C8H18O3S. The summed E-state index contributed by atoms with van der Waals surface area (Å²) in [6, 6.07) is 0. The molecule has 3 nitrogen and oxygen atoms in total. The molecule has 0 bridgehead atoms. The number of unbranched alkanes of at least 4 members (excludes halogenated alkanes) is 3. The van der Waals surface area contributed by atoms with Gasteiger partial charge in [-0.05, 0) is 13.3 Å². The van der Waals surface area contributed by atoms with Crippen LogP contribution in [0.25, 0.3) is 0 Å². The van der Waals surface area contributed by atoms with Crippen LogP contribution in [0.4, 0.5) is 0 Å². The van der Waals surface area contributed by atoms with Gasteiger partial charge in [0, 0.05) is 1.37 Å². The van der Waals surface area contributed by atoms with Crippen molar-refractivity contribution in [2.45, 2.75) is 51.2 Å². The van der Waals surface area contributed by atoms with Crippen molar-refractivity contribution in [3.63, 3.8) is 0 Å². The predicted octanol–water partition coefficient (Wildman–Crippen LogP) is 2.23. The summed E-state index contributed by atoms with van der Waals surface area (Å²) in [7, 11) is -4.22. The molecule has 0 amide bonds. The molecule has 1 atom stereocenters. The van der Waals surface area contributed by atoms with Crippen LogP contribution >= 0.6 is 0 Å². The third kappa shape index (κ3) is 5.55. The highest BCUT2D eigenvalue weighted by Crippen LogP contribution is 2.10. The van der Waals surface area contributed by atoms with Crippen molar-refractivity contribution >= 4 is 10.1 Å². The van der Waals surface area contributed by atoms with Crippen LogP contribution in [0.5, 0.6) is 0 Å². The number of hydrogen-bond acceptors (Lipinski definition) is 2. The van der Waals surface area contributed by atoms with Crippen molar-refractivity contribution in [1.82, 2.24) is 0 Å². The molecule has 0 aliphatic rings. The molecule has 0 radical (unpaired) electrons. The normalized spacial score (nSPS) is 18.4. The summed E-state index contributed by atoms with van der Waals surface area (Å²) >= 11 is 0. The first-order valence-corrected chi connectivity index (χ1v) is 5.72. The van der Waals surface area contributed by atoms with Gasteiger partial charge in [-0.3, -0.25) is 4.55 Å². The molecule has 0 fully saturated rings. The second-order valence-corrected chi connectivity index (χ2v) is 4.63. The van der Waals surface area contributed by atoms with E-state index in [2.05, 4.69) is 6.92 Å². The molecule has 4 heteroatoms. The third-order valence-electron chi connectivity index (χ3n) is 1.82. The van der Waals surface area contributed by atoms with E-state index in [1.165, 1.54) is 6.92 Å². The summed E-state index contributed by atoms with van der Waals surface area (Å²) < 4.78 is 37.4. The maximum Gasteiger partial charge on any atom is 0.267 e. The highest BCUT2D eigenvalue weighted by molar-refractivity contribution is 7.86. The molecule has 74 valence electrons. The molecule has 0 aromatic rings. The van der Waals surface area contributed by atoms with Gasteiger partial charge < -0.3 is 0 Å². The first kappa shape index (κ1) is 9.99. The average Bonchev–Trinajstić information content (AvgIpc) is 1.96. The summed E-state index contributed by atoms with van der Waals surface area (Å²) in [5.41, 5.74) is 0. The molecule has 0 heterocycles. The fourth-order valence-electron chi connectivity index (χ4n) is 0.930. The van der Waals surface area contributed by atoms with E-state index in [4.69, 9.17) is 5.92 Å². The van der Waals surface area contributed by atoms with Crippen molar-refractivity contribution in [1.29, 1.82) is 0 Å². The molecule has 0 aliphatic heterocycles. The Morgan fingerprint density at radius 1 is 1.42 bits per heavy atom. The van der Waals surface area contributed by atoms with Gasteiger partial charge in [0.2, 0.25) is 0 Å². The summed E-state index contributed by atoms with van der Waals surface area (Å²) in [6.45, 7) is 3.29. The highest BCUT2D eigenvalue weighted by Gasteiger charge is 2.15. The Morgan fingerprint density at radius 2 is 2.00 bits per heavy atom. The topological polar surface area (TPSA) is 54.4 Å². The monoisotopic (exact) mass is 195 g/mol. The molecular weight excluding hydrogens is 176 g/mol. The first-order chi connectivity index (χ1) is 5.81. The van der Waals surface area contributed by atoms with Crippen molar-refractivity contribution in [2.24, 2.45) is 0 Å². The van der Waals surface area contributed by atoms with Crippen LogP contribution in [0.1, 0.15) is 47.3 Å². The van der Waals surface area contributed by atoms with E-state index in [0.29, 0.717) is 6.42 Å². The van der Waals surface area contributed by atoms with E-state index in [1.807, 2.05) is 0 Å². The second kappa shape index (κ2) is 5.54.